The topological polar surface area (TPSA) is 96.7 Å². The second-order valence-corrected chi connectivity index (χ2v) is 9.90. The van der Waals surface area contributed by atoms with E-state index in [1.165, 1.54) is 23.3 Å². The van der Waals surface area contributed by atoms with Crippen LogP contribution in [0.2, 0.25) is 0 Å². The molecule has 0 bridgehead atoms. The van der Waals surface area contributed by atoms with E-state index in [-0.39, 0.29) is 44.6 Å². The number of carbonyl (C=O) groups is 2. The fraction of sp³-hybridized carbons (Fsp3) is 0.379. The summed E-state index contributed by atoms with van der Waals surface area (Å²) >= 11 is 0. The minimum Gasteiger partial charge on any atom is -0.467 e. The zero-order valence-electron chi connectivity index (χ0n) is 22.8. The van der Waals surface area contributed by atoms with E-state index in [0.29, 0.717) is 50.1 Å². The maximum Gasteiger partial charge on any atom is 0.416 e. The van der Waals surface area contributed by atoms with Gasteiger partial charge in [-0.15, -0.1) is 0 Å². The van der Waals surface area contributed by atoms with Gasteiger partial charge in [0.1, 0.15) is 12.3 Å². The van der Waals surface area contributed by atoms with Gasteiger partial charge in [-0.2, -0.15) is 13.2 Å². The Kier molecular flexibility index (Phi) is 9.18. The smallest absolute Gasteiger partial charge is 0.416 e. The first-order valence-corrected chi connectivity index (χ1v) is 13.5. The van der Waals surface area contributed by atoms with Crippen LogP contribution in [0.5, 0.6) is 11.5 Å². The first-order chi connectivity index (χ1) is 20.2. The molecule has 1 saturated heterocycles. The molecule has 2 aliphatic heterocycles. The quantitative estimate of drug-likeness (QED) is 0.375. The van der Waals surface area contributed by atoms with Gasteiger partial charge >= 0.3 is 12.2 Å². The molecular formula is C29H31F3N4O6. The molecule has 0 spiro atoms. The van der Waals surface area contributed by atoms with Crippen molar-refractivity contribution >= 4 is 17.6 Å². The molecule has 3 heterocycles. The Hall–Kier alpha value is -4.23. The van der Waals surface area contributed by atoms with Crippen LogP contribution in [0.4, 0.5) is 23.7 Å². The van der Waals surface area contributed by atoms with Gasteiger partial charge < -0.3 is 33.7 Å². The number of anilines is 1. The highest BCUT2D eigenvalue weighted by molar-refractivity contribution is 5.92. The average molecular weight is 589 g/mol. The number of hydrogen-bond donors (Lipinski definition) is 1. The van der Waals surface area contributed by atoms with Crippen LogP contribution in [0.15, 0.2) is 65.3 Å². The van der Waals surface area contributed by atoms with Crippen molar-refractivity contribution < 1.29 is 41.4 Å². The van der Waals surface area contributed by atoms with Crippen molar-refractivity contribution in [1.29, 1.82) is 0 Å². The Bertz CT molecular complexity index is 1340. The van der Waals surface area contributed by atoms with E-state index in [1.54, 1.807) is 29.2 Å². The minimum absolute atomic E-state index is 0.125. The number of amides is 3. The van der Waals surface area contributed by atoms with Crippen LogP contribution in [0.25, 0.3) is 0 Å². The molecule has 2 aromatic carbocycles. The van der Waals surface area contributed by atoms with E-state index >= 15 is 0 Å². The SMILES string of the molecule is O=C(CN(CCN1CCOCC1)C(=O)Nc1ccc(C(F)(F)F)cc1)N(Cc1ccc2c(c1)OCO2)Cc1ccco1. The maximum atomic E-state index is 13.7. The molecule has 2 aliphatic rings. The summed E-state index contributed by atoms with van der Waals surface area (Å²) in [7, 11) is 0. The second-order valence-electron chi connectivity index (χ2n) is 9.90. The Morgan fingerprint density at radius 1 is 0.929 bits per heavy atom. The number of fused-ring (bicyclic) bond motifs is 1. The van der Waals surface area contributed by atoms with Crippen molar-refractivity contribution in [2.75, 3.05) is 58.0 Å². The largest absolute Gasteiger partial charge is 0.467 e. The van der Waals surface area contributed by atoms with Crippen molar-refractivity contribution in [1.82, 2.24) is 14.7 Å². The molecule has 13 heteroatoms. The third-order valence-electron chi connectivity index (χ3n) is 6.96. The number of carbonyl (C=O) groups excluding carboxylic acids is 2. The van der Waals surface area contributed by atoms with Gasteiger partial charge in [-0.1, -0.05) is 6.07 Å². The molecular weight excluding hydrogens is 557 g/mol. The van der Waals surface area contributed by atoms with E-state index in [2.05, 4.69) is 10.2 Å². The fourth-order valence-electron chi connectivity index (χ4n) is 4.63. The highest BCUT2D eigenvalue weighted by Crippen LogP contribution is 2.33. The van der Waals surface area contributed by atoms with Crippen LogP contribution < -0.4 is 14.8 Å². The monoisotopic (exact) mass is 588 g/mol. The molecule has 1 aromatic heterocycles. The van der Waals surface area contributed by atoms with Crippen molar-refractivity contribution in [3.8, 4) is 11.5 Å². The number of halogens is 3. The van der Waals surface area contributed by atoms with Gasteiger partial charge in [0.2, 0.25) is 12.7 Å². The van der Waals surface area contributed by atoms with Crippen molar-refractivity contribution in [3.63, 3.8) is 0 Å². The number of morpholine rings is 1. The van der Waals surface area contributed by atoms with Crippen LogP contribution >= 0.6 is 0 Å². The highest BCUT2D eigenvalue weighted by Gasteiger charge is 2.30. The predicted octanol–water partition coefficient (Wildman–Crippen LogP) is 4.42. The van der Waals surface area contributed by atoms with Crippen LogP contribution in [-0.2, 0) is 28.8 Å². The summed E-state index contributed by atoms with van der Waals surface area (Å²) in [4.78, 5) is 32.2. The molecule has 0 unspecified atom stereocenters. The summed E-state index contributed by atoms with van der Waals surface area (Å²) in [6.07, 6.45) is -2.97. The summed E-state index contributed by atoms with van der Waals surface area (Å²) < 4.78 is 60.7. The number of ether oxygens (including phenoxy) is 3. The number of hydrogen-bond acceptors (Lipinski definition) is 7. The molecule has 0 saturated carbocycles. The summed E-state index contributed by atoms with van der Waals surface area (Å²) in [5, 5.41) is 2.63. The molecule has 42 heavy (non-hydrogen) atoms. The first-order valence-electron chi connectivity index (χ1n) is 13.5. The molecule has 10 nitrogen and oxygen atoms in total. The Morgan fingerprint density at radius 2 is 1.69 bits per heavy atom. The molecule has 0 atom stereocenters. The van der Waals surface area contributed by atoms with Gasteiger partial charge in [0.25, 0.3) is 0 Å². The summed E-state index contributed by atoms with van der Waals surface area (Å²) in [6.45, 7) is 3.49. The number of alkyl halides is 3. The van der Waals surface area contributed by atoms with Gasteiger partial charge in [-0.3, -0.25) is 9.69 Å². The Morgan fingerprint density at radius 3 is 2.40 bits per heavy atom. The van der Waals surface area contributed by atoms with Crippen LogP contribution in [-0.4, -0.2) is 79.4 Å². The molecule has 1 N–H and O–H groups in total. The highest BCUT2D eigenvalue weighted by atomic mass is 19.4. The molecule has 0 aliphatic carbocycles. The number of urea groups is 1. The average Bonchev–Trinajstić information content (AvgIpc) is 3.67. The lowest BCUT2D eigenvalue weighted by Gasteiger charge is -2.31. The normalized spacial score (nSPS) is 14.9. The molecule has 0 radical (unpaired) electrons. The standard InChI is InChI=1S/C29H31F3N4O6/c30-29(31,32)22-4-6-23(7-5-22)33-28(38)35(10-9-34-11-14-39-15-12-34)19-27(37)36(18-24-2-1-13-40-24)17-21-3-8-25-26(16-21)42-20-41-25/h1-8,13,16H,9-12,14-15,17-20H2,(H,33,38). The van der Waals surface area contributed by atoms with Gasteiger partial charge in [0.05, 0.1) is 31.6 Å². The molecule has 3 amide bonds. The third kappa shape index (κ3) is 7.74. The van der Waals surface area contributed by atoms with Gasteiger partial charge in [-0.05, 0) is 54.1 Å². The lowest BCUT2D eigenvalue weighted by atomic mass is 10.2. The molecule has 224 valence electrons. The van der Waals surface area contributed by atoms with Crippen molar-refractivity contribution in [3.05, 3.63) is 77.7 Å². The number of rotatable bonds is 10. The zero-order chi connectivity index (χ0) is 29.5. The molecule has 3 aromatic rings. The van der Waals surface area contributed by atoms with E-state index in [9.17, 15) is 22.8 Å². The maximum absolute atomic E-state index is 13.7. The lowest BCUT2D eigenvalue weighted by Crippen LogP contribution is -2.48. The first kappa shape index (κ1) is 29.3. The summed E-state index contributed by atoms with van der Waals surface area (Å²) in [6, 6.07) is 12.5. The minimum atomic E-state index is -4.49. The number of nitrogens with zero attached hydrogens (tertiary/aromatic N) is 3. The number of benzene rings is 2. The fourth-order valence-corrected chi connectivity index (χ4v) is 4.63. The molecule has 1 fully saturated rings. The van der Waals surface area contributed by atoms with E-state index in [4.69, 9.17) is 18.6 Å². The number of furan rings is 1. The van der Waals surface area contributed by atoms with E-state index in [1.807, 2.05) is 6.07 Å². The Labute approximate surface area is 240 Å². The third-order valence-corrected chi connectivity index (χ3v) is 6.96. The van der Waals surface area contributed by atoms with Crippen molar-refractivity contribution in [2.45, 2.75) is 19.3 Å². The van der Waals surface area contributed by atoms with E-state index < -0.39 is 17.8 Å². The van der Waals surface area contributed by atoms with Gasteiger partial charge in [-0.25, -0.2) is 4.79 Å². The summed E-state index contributed by atoms with van der Waals surface area (Å²) in [5.74, 6) is 1.43. The van der Waals surface area contributed by atoms with Crippen LogP contribution in [0, 0.1) is 0 Å². The van der Waals surface area contributed by atoms with E-state index in [0.717, 1.165) is 17.7 Å². The van der Waals surface area contributed by atoms with Crippen molar-refractivity contribution in [2.24, 2.45) is 0 Å². The predicted molar refractivity (Wildman–Crippen MR) is 145 cm³/mol. The van der Waals surface area contributed by atoms with Crippen LogP contribution in [0.3, 0.4) is 0 Å². The second kappa shape index (κ2) is 13.2. The van der Waals surface area contributed by atoms with Gasteiger partial charge in [0, 0.05) is 38.4 Å². The van der Waals surface area contributed by atoms with Crippen LogP contribution in [0.1, 0.15) is 16.9 Å². The molecule has 5 rings (SSSR count). The van der Waals surface area contributed by atoms with Gasteiger partial charge in [0.15, 0.2) is 11.5 Å². The number of nitrogens with one attached hydrogen (secondary N) is 1. The lowest BCUT2D eigenvalue weighted by molar-refractivity contribution is -0.137. The summed E-state index contributed by atoms with van der Waals surface area (Å²) in [5.41, 5.74) is 0.162. The Balaban J connectivity index is 1.31. The zero-order valence-corrected chi connectivity index (χ0v) is 22.8.